The van der Waals surface area contributed by atoms with E-state index in [1.165, 1.54) is 11.3 Å². The van der Waals surface area contributed by atoms with Crippen molar-refractivity contribution in [3.8, 4) is 0 Å². The zero-order valence-corrected chi connectivity index (χ0v) is 13.5. The second-order valence-electron chi connectivity index (χ2n) is 4.53. The van der Waals surface area contributed by atoms with Gasteiger partial charge in [0.1, 0.15) is 0 Å². The second kappa shape index (κ2) is 6.52. The SMILES string of the molecule is CCOC(=O)C(Cc1ccc(Br)s1)(C(=O)O)C(C)C. The first-order valence-electron chi connectivity index (χ1n) is 5.99. The molecule has 1 atom stereocenters. The third-order valence-electron chi connectivity index (χ3n) is 3.09. The summed E-state index contributed by atoms with van der Waals surface area (Å²) in [5, 5.41) is 9.55. The van der Waals surface area contributed by atoms with Crippen LogP contribution in [0.25, 0.3) is 0 Å². The van der Waals surface area contributed by atoms with Gasteiger partial charge < -0.3 is 9.84 Å². The van der Waals surface area contributed by atoms with Gasteiger partial charge in [0, 0.05) is 11.3 Å². The maximum absolute atomic E-state index is 12.1. The number of aliphatic carboxylic acids is 1. The first kappa shape index (κ1) is 16.2. The number of halogens is 1. The molecule has 0 aliphatic heterocycles. The van der Waals surface area contributed by atoms with E-state index in [-0.39, 0.29) is 18.9 Å². The van der Waals surface area contributed by atoms with Gasteiger partial charge in [0.15, 0.2) is 5.41 Å². The molecule has 0 saturated carbocycles. The molecule has 0 aromatic carbocycles. The summed E-state index contributed by atoms with van der Waals surface area (Å²) in [4.78, 5) is 24.7. The molecule has 1 N–H and O–H groups in total. The number of thiophene rings is 1. The Hall–Kier alpha value is -0.880. The molecule has 0 fully saturated rings. The zero-order chi connectivity index (χ0) is 14.6. The highest BCUT2D eigenvalue weighted by Gasteiger charge is 2.50. The highest BCUT2D eigenvalue weighted by Crippen LogP contribution is 2.37. The van der Waals surface area contributed by atoms with Gasteiger partial charge in [0.2, 0.25) is 0 Å². The van der Waals surface area contributed by atoms with Crippen molar-refractivity contribution in [3.05, 3.63) is 20.8 Å². The van der Waals surface area contributed by atoms with Crippen LogP contribution in [0.5, 0.6) is 0 Å². The van der Waals surface area contributed by atoms with E-state index in [1.54, 1.807) is 20.8 Å². The number of esters is 1. The van der Waals surface area contributed by atoms with Crippen molar-refractivity contribution in [1.82, 2.24) is 0 Å². The average molecular weight is 349 g/mol. The quantitative estimate of drug-likeness (QED) is 0.632. The lowest BCUT2D eigenvalue weighted by Crippen LogP contribution is -2.46. The Bertz CT molecular complexity index is 469. The lowest BCUT2D eigenvalue weighted by molar-refractivity contribution is -0.172. The van der Waals surface area contributed by atoms with E-state index in [9.17, 15) is 14.7 Å². The van der Waals surface area contributed by atoms with E-state index in [0.29, 0.717) is 0 Å². The lowest BCUT2D eigenvalue weighted by atomic mass is 9.74. The molecule has 1 rings (SSSR count). The normalized spacial score (nSPS) is 14.2. The molecule has 0 amide bonds. The summed E-state index contributed by atoms with van der Waals surface area (Å²) in [6.07, 6.45) is 0.148. The number of ether oxygens (including phenoxy) is 1. The fourth-order valence-electron chi connectivity index (χ4n) is 1.90. The number of hydrogen-bond acceptors (Lipinski definition) is 4. The molecule has 106 valence electrons. The van der Waals surface area contributed by atoms with E-state index in [2.05, 4.69) is 15.9 Å². The summed E-state index contributed by atoms with van der Waals surface area (Å²) in [6, 6.07) is 3.67. The zero-order valence-electron chi connectivity index (χ0n) is 11.1. The number of carboxylic acids is 1. The fourth-order valence-corrected chi connectivity index (χ4v) is 3.48. The van der Waals surface area contributed by atoms with Gasteiger partial charge in [-0.15, -0.1) is 11.3 Å². The molecule has 0 aliphatic rings. The van der Waals surface area contributed by atoms with E-state index in [0.717, 1.165) is 8.66 Å². The molecule has 0 spiro atoms. The Balaban J connectivity index is 3.16. The molecular weight excluding hydrogens is 332 g/mol. The van der Waals surface area contributed by atoms with Crippen LogP contribution < -0.4 is 0 Å². The van der Waals surface area contributed by atoms with Gasteiger partial charge in [-0.25, -0.2) is 0 Å². The predicted octanol–water partition coefficient (Wildman–Crippen LogP) is 3.34. The van der Waals surface area contributed by atoms with Crippen molar-refractivity contribution in [2.24, 2.45) is 11.3 Å². The van der Waals surface area contributed by atoms with Gasteiger partial charge in [0.25, 0.3) is 0 Å². The Morgan fingerprint density at radius 2 is 2.11 bits per heavy atom. The Kier molecular flexibility index (Phi) is 5.55. The minimum atomic E-state index is -1.53. The van der Waals surface area contributed by atoms with Gasteiger partial charge >= 0.3 is 11.9 Å². The van der Waals surface area contributed by atoms with Crippen molar-refractivity contribution in [2.45, 2.75) is 27.2 Å². The molecule has 4 nitrogen and oxygen atoms in total. The lowest BCUT2D eigenvalue weighted by Gasteiger charge is -2.30. The van der Waals surface area contributed by atoms with Crippen LogP contribution in [0, 0.1) is 11.3 Å². The molecule has 1 heterocycles. The van der Waals surface area contributed by atoms with Crippen molar-refractivity contribution in [3.63, 3.8) is 0 Å². The number of rotatable bonds is 6. The molecule has 1 unspecified atom stereocenters. The highest BCUT2D eigenvalue weighted by atomic mass is 79.9. The molecule has 0 saturated heterocycles. The average Bonchev–Trinajstić information content (AvgIpc) is 2.70. The summed E-state index contributed by atoms with van der Waals surface area (Å²) in [5.41, 5.74) is -1.53. The van der Waals surface area contributed by atoms with Crippen molar-refractivity contribution in [1.29, 1.82) is 0 Å². The second-order valence-corrected chi connectivity index (χ2v) is 7.08. The largest absolute Gasteiger partial charge is 0.480 e. The van der Waals surface area contributed by atoms with Gasteiger partial charge in [0.05, 0.1) is 10.4 Å². The van der Waals surface area contributed by atoms with E-state index < -0.39 is 17.4 Å². The summed E-state index contributed by atoms with van der Waals surface area (Å²) in [5.74, 6) is -2.16. The highest BCUT2D eigenvalue weighted by molar-refractivity contribution is 9.11. The van der Waals surface area contributed by atoms with Crippen LogP contribution in [0.15, 0.2) is 15.9 Å². The van der Waals surface area contributed by atoms with E-state index in [4.69, 9.17) is 4.74 Å². The minimum Gasteiger partial charge on any atom is -0.480 e. The van der Waals surface area contributed by atoms with Crippen LogP contribution >= 0.6 is 27.3 Å². The van der Waals surface area contributed by atoms with Crippen molar-refractivity contribution < 1.29 is 19.4 Å². The van der Waals surface area contributed by atoms with Gasteiger partial charge in [-0.2, -0.15) is 0 Å². The Morgan fingerprint density at radius 1 is 1.47 bits per heavy atom. The minimum absolute atomic E-state index is 0.148. The maximum atomic E-state index is 12.1. The van der Waals surface area contributed by atoms with E-state index in [1.807, 2.05) is 12.1 Å². The van der Waals surface area contributed by atoms with Gasteiger partial charge in [-0.3, -0.25) is 9.59 Å². The number of carboxylic acid groups (broad SMARTS) is 1. The monoisotopic (exact) mass is 348 g/mol. The van der Waals surface area contributed by atoms with Gasteiger partial charge in [-0.05, 0) is 40.9 Å². The molecule has 19 heavy (non-hydrogen) atoms. The van der Waals surface area contributed by atoms with Crippen LogP contribution in [-0.4, -0.2) is 23.7 Å². The van der Waals surface area contributed by atoms with Crippen LogP contribution in [0.1, 0.15) is 25.6 Å². The van der Waals surface area contributed by atoms with Crippen LogP contribution in [0.4, 0.5) is 0 Å². The first-order chi connectivity index (χ1) is 8.84. The summed E-state index contributed by atoms with van der Waals surface area (Å²) >= 11 is 4.77. The number of hydrogen-bond donors (Lipinski definition) is 1. The maximum Gasteiger partial charge on any atom is 0.324 e. The first-order valence-corrected chi connectivity index (χ1v) is 7.60. The third-order valence-corrected chi connectivity index (χ3v) is 4.71. The molecule has 1 aromatic heterocycles. The molecule has 6 heteroatoms. The molecule has 0 aliphatic carbocycles. The Labute approximate surface area is 124 Å². The smallest absolute Gasteiger partial charge is 0.324 e. The third kappa shape index (κ3) is 3.36. The summed E-state index contributed by atoms with van der Waals surface area (Å²) in [6.45, 7) is 5.31. The Morgan fingerprint density at radius 3 is 2.47 bits per heavy atom. The predicted molar refractivity (Wildman–Crippen MR) is 77.3 cm³/mol. The number of carbonyl (C=O) groups excluding carboxylic acids is 1. The van der Waals surface area contributed by atoms with Crippen molar-refractivity contribution in [2.75, 3.05) is 6.61 Å². The summed E-state index contributed by atoms with van der Waals surface area (Å²) < 4.78 is 5.89. The molecule has 0 bridgehead atoms. The van der Waals surface area contributed by atoms with Crippen LogP contribution in [-0.2, 0) is 20.7 Å². The van der Waals surface area contributed by atoms with Gasteiger partial charge in [-0.1, -0.05) is 13.8 Å². The molecular formula is C13H17BrO4S. The van der Waals surface area contributed by atoms with Crippen LogP contribution in [0.2, 0.25) is 0 Å². The van der Waals surface area contributed by atoms with Crippen LogP contribution in [0.3, 0.4) is 0 Å². The van der Waals surface area contributed by atoms with E-state index >= 15 is 0 Å². The summed E-state index contributed by atoms with van der Waals surface area (Å²) in [7, 11) is 0. The molecule has 0 radical (unpaired) electrons. The standard InChI is InChI=1S/C13H17BrO4S/c1-4-18-12(17)13(8(2)3,11(15)16)7-9-5-6-10(14)19-9/h5-6,8H,4,7H2,1-3H3,(H,15,16). The number of carbonyl (C=O) groups is 2. The fraction of sp³-hybridized carbons (Fsp3) is 0.538. The molecule has 1 aromatic rings. The van der Waals surface area contributed by atoms with Crippen molar-refractivity contribution >= 4 is 39.2 Å². The topological polar surface area (TPSA) is 63.6 Å².